The number of para-hydroxylation sites is 1. The van der Waals surface area contributed by atoms with Crippen LogP contribution in [0, 0.1) is 0 Å². The Kier molecular flexibility index (Phi) is 5.89. The van der Waals surface area contributed by atoms with Crippen molar-refractivity contribution in [1.82, 2.24) is 4.90 Å². The van der Waals surface area contributed by atoms with Gasteiger partial charge in [0.1, 0.15) is 18.1 Å². The highest BCUT2D eigenvalue weighted by Crippen LogP contribution is 2.16. The summed E-state index contributed by atoms with van der Waals surface area (Å²) in [5, 5.41) is 2.79. The number of benzene rings is 2. The fourth-order valence-corrected chi connectivity index (χ4v) is 2.62. The van der Waals surface area contributed by atoms with Crippen LogP contribution in [-0.4, -0.2) is 30.4 Å². The summed E-state index contributed by atoms with van der Waals surface area (Å²) in [6.07, 6.45) is 1.54. The molecular formula is C21H20N2O4. The van der Waals surface area contributed by atoms with Gasteiger partial charge in [-0.25, -0.2) is 0 Å². The largest absolute Gasteiger partial charge is 0.497 e. The topological polar surface area (TPSA) is 71.8 Å². The Morgan fingerprint density at radius 1 is 1.04 bits per heavy atom. The monoisotopic (exact) mass is 364 g/mol. The van der Waals surface area contributed by atoms with Gasteiger partial charge in [0.2, 0.25) is 5.91 Å². The number of rotatable bonds is 7. The number of hydrogen-bond donors (Lipinski definition) is 1. The van der Waals surface area contributed by atoms with E-state index in [4.69, 9.17) is 9.15 Å². The lowest BCUT2D eigenvalue weighted by Crippen LogP contribution is -2.37. The second-order valence-electron chi connectivity index (χ2n) is 5.89. The summed E-state index contributed by atoms with van der Waals surface area (Å²) in [7, 11) is 1.54. The van der Waals surface area contributed by atoms with E-state index in [9.17, 15) is 9.59 Å². The number of amides is 2. The highest BCUT2D eigenvalue weighted by molar-refractivity contribution is 5.99. The van der Waals surface area contributed by atoms with Crippen molar-refractivity contribution in [2.24, 2.45) is 0 Å². The van der Waals surface area contributed by atoms with E-state index >= 15 is 0 Å². The Balaban J connectivity index is 1.77. The minimum Gasteiger partial charge on any atom is -0.497 e. The van der Waals surface area contributed by atoms with Gasteiger partial charge in [0.25, 0.3) is 5.91 Å². The fraction of sp³-hybridized carbons (Fsp3) is 0.143. The molecule has 0 aliphatic heterocycles. The third-order valence-corrected chi connectivity index (χ3v) is 3.92. The Bertz CT molecular complexity index is 892. The van der Waals surface area contributed by atoms with Crippen LogP contribution in [0.4, 0.5) is 5.69 Å². The molecule has 2 aromatic carbocycles. The van der Waals surface area contributed by atoms with Crippen molar-refractivity contribution in [3.8, 4) is 5.75 Å². The average Bonchev–Trinajstić information content (AvgIpc) is 3.21. The normalized spacial score (nSPS) is 10.3. The summed E-state index contributed by atoms with van der Waals surface area (Å²) in [6.45, 7) is 0.0802. The van der Waals surface area contributed by atoms with Gasteiger partial charge in [0.15, 0.2) is 0 Å². The van der Waals surface area contributed by atoms with Gasteiger partial charge in [0, 0.05) is 11.3 Å². The molecule has 0 saturated carbocycles. The van der Waals surface area contributed by atoms with Gasteiger partial charge < -0.3 is 19.4 Å². The molecule has 6 nitrogen and oxygen atoms in total. The van der Waals surface area contributed by atoms with E-state index in [1.807, 2.05) is 18.2 Å². The highest BCUT2D eigenvalue weighted by atomic mass is 16.5. The molecule has 6 heteroatoms. The van der Waals surface area contributed by atoms with E-state index in [1.54, 1.807) is 48.5 Å². The molecule has 0 saturated heterocycles. The molecule has 2 amide bonds. The Morgan fingerprint density at radius 2 is 1.85 bits per heavy atom. The average molecular weight is 364 g/mol. The van der Waals surface area contributed by atoms with Crippen molar-refractivity contribution in [2.45, 2.75) is 6.54 Å². The third-order valence-electron chi connectivity index (χ3n) is 3.92. The van der Waals surface area contributed by atoms with Crippen molar-refractivity contribution in [3.05, 3.63) is 84.3 Å². The standard InChI is InChI=1S/C21H20N2O4/c1-26-18-10-5-7-16(13-18)21(25)23(14-19-11-6-12-27-19)15-20(24)22-17-8-3-2-4-9-17/h2-13H,14-15H2,1H3,(H,22,24). The van der Waals surface area contributed by atoms with Gasteiger partial charge in [-0.05, 0) is 42.5 Å². The molecule has 3 aromatic rings. The molecular weight excluding hydrogens is 344 g/mol. The first kappa shape index (κ1) is 18.3. The molecule has 0 fully saturated rings. The number of nitrogens with zero attached hydrogens (tertiary/aromatic N) is 1. The van der Waals surface area contributed by atoms with Crippen molar-refractivity contribution < 1.29 is 18.7 Å². The first-order chi connectivity index (χ1) is 13.2. The SMILES string of the molecule is COc1cccc(C(=O)N(CC(=O)Nc2ccccc2)Cc2ccco2)c1. The molecule has 1 heterocycles. The predicted molar refractivity (Wildman–Crippen MR) is 102 cm³/mol. The van der Waals surface area contributed by atoms with Crippen molar-refractivity contribution in [3.63, 3.8) is 0 Å². The molecule has 0 unspecified atom stereocenters. The van der Waals surface area contributed by atoms with Crippen LogP contribution >= 0.6 is 0 Å². The second-order valence-corrected chi connectivity index (χ2v) is 5.89. The van der Waals surface area contributed by atoms with Gasteiger partial charge in [0.05, 0.1) is 19.9 Å². The van der Waals surface area contributed by atoms with Crippen LogP contribution in [-0.2, 0) is 11.3 Å². The minimum atomic E-state index is -0.288. The zero-order valence-corrected chi connectivity index (χ0v) is 14.9. The second kappa shape index (κ2) is 8.71. The van der Waals surface area contributed by atoms with Gasteiger partial charge in [-0.1, -0.05) is 24.3 Å². The van der Waals surface area contributed by atoms with E-state index in [0.717, 1.165) is 0 Å². The van der Waals surface area contributed by atoms with Crippen molar-refractivity contribution in [2.75, 3.05) is 19.0 Å². The number of carbonyl (C=O) groups is 2. The van der Waals surface area contributed by atoms with E-state index in [1.165, 1.54) is 18.3 Å². The molecule has 1 aromatic heterocycles. The molecule has 27 heavy (non-hydrogen) atoms. The quantitative estimate of drug-likeness (QED) is 0.696. The number of ether oxygens (including phenoxy) is 1. The summed E-state index contributed by atoms with van der Waals surface area (Å²) in [4.78, 5) is 26.9. The Labute approximate surface area is 157 Å². The van der Waals surface area contributed by atoms with Crippen LogP contribution in [0.1, 0.15) is 16.1 Å². The zero-order valence-electron chi connectivity index (χ0n) is 14.9. The van der Waals surface area contributed by atoms with Gasteiger partial charge in [-0.3, -0.25) is 9.59 Å². The molecule has 0 bridgehead atoms. The maximum atomic E-state index is 13.0. The van der Waals surface area contributed by atoms with E-state index in [-0.39, 0.29) is 24.9 Å². The van der Waals surface area contributed by atoms with E-state index in [0.29, 0.717) is 22.8 Å². The predicted octanol–water partition coefficient (Wildman–Crippen LogP) is 3.57. The highest BCUT2D eigenvalue weighted by Gasteiger charge is 2.21. The van der Waals surface area contributed by atoms with Crippen LogP contribution in [0.2, 0.25) is 0 Å². The lowest BCUT2D eigenvalue weighted by molar-refractivity contribution is -0.117. The number of carbonyl (C=O) groups excluding carboxylic acids is 2. The molecule has 0 aliphatic rings. The number of nitrogens with one attached hydrogen (secondary N) is 1. The summed E-state index contributed by atoms with van der Waals surface area (Å²) in [5.74, 6) is 0.601. The first-order valence-corrected chi connectivity index (χ1v) is 8.46. The Hall–Kier alpha value is -3.54. The number of methoxy groups -OCH3 is 1. The van der Waals surface area contributed by atoms with Gasteiger partial charge in [-0.2, -0.15) is 0 Å². The van der Waals surface area contributed by atoms with E-state index in [2.05, 4.69) is 5.32 Å². The summed E-state index contributed by atoms with van der Waals surface area (Å²) in [6, 6.07) is 19.4. The van der Waals surface area contributed by atoms with Crippen LogP contribution in [0.15, 0.2) is 77.4 Å². The van der Waals surface area contributed by atoms with Crippen molar-refractivity contribution >= 4 is 17.5 Å². The fourth-order valence-electron chi connectivity index (χ4n) is 2.62. The number of furan rings is 1. The first-order valence-electron chi connectivity index (χ1n) is 8.46. The zero-order chi connectivity index (χ0) is 19.1. The molecule has 0 spiro atoms. The third kappa shape index (κ3) is 4.98. The summed E-state index contributed by atoms with van der Waals surface area (Å²) < 4.78 is 10.5. The lowest BCUT2D eigenvalue weighted by Gasteiger charge is -2.21. The Morgan fingerprint density at radius 3 is 2.56 bits per heavy atom. The maximum absolute atomic E-state index is 13.0. The smallest absolute Gasteiger partial charge is 0.254 e. The number of anilines is 1. The van der Waals surface area contributed by atoms with Gasteiger partial charge >= 0.3 is 0 Å². The molecule has 0 aliphatic carbocycles. The van der Waals surface area contributed by atoms with Crippen LogP contribution < -0.4 is 10.1 Å². The molecule has 0 radical (unpaired) electrons. The minimum absolute atomic E-state index is 0.106. The van der Waals surface area contributed by atoms with Crippen LogP contribution in [0.25, 0.3) is 0 Å². The molecule has 0 atom stereocenters. The van der Waals surface area contributed by atoms with Crippen LogP contribution in [0.3, 0.4) is 0 Å². The van der Waals surface area contributed by atoms with Crippen molar-refractivity contribution in [1.29, 1.82) is 0 Å². The van der Waals surface area contributed by atoms with Crippen LogP contribution in [0.5, 0.6) is 5.75 Å². The van der Waals surface area contributed by atoms with Gasteiger partial charge in [-0.15, -0.1) is 0 Å². The molecule has 138 valence electrons. The summed E-state index contributed by atoms with van der Waals surface area (Å²) >= 11 is 0. The lowest BCUT2D eigenvalue weighted by atomic mass is 10.2. The summed E-state index contributed by atoms with van der Waals surface area (Å²) in [5.41, 5.74) is 1.11. The van der Waals surface area contributed by atoms with E-state index < -0.39 is 0 Å². The number of hydrogen-bond acceptors (Lipinski definition) is 4. The maximum Gasteiger partial charge on any atom is 0.254 e. The molecule has 1 N–H and O–H groups in total. The molecule has 3 rings (SSSR count).